The number of rotatable bonds is 9. The van der Waals surface area contributed by atoms with Crippen molar-refractivity contribution < 1.29 is 14.6 Å². The number of hydrogen-bond acceptors (Lipinski definition) is 5. The Kier molecular flexibility index (Phi) is 7.23. The van der Waals surface area contributed by atoms with Crippen LogP contribution >= 0.6 is 0 Å². The monoisotopic (exact) mass is 504 g/mol. The molecule has 0 amide bonds. The van der Waals surface area contributed by atoms with Crippen LogP contribution in [0, 0.1) is 0 Å². The van der Waals surface area contributed by atoms with Gasteiger partial charge in [-0.3, -0.25) is 4.79 Å². The first-order chi connectivity index (χ1) is 18.4. The molecule has 0 bridgehead atoms. The van der Waals surface area contributed by atoms with Crippen molar-refractivity contribution in [3.63, 3.8) is 0 Å². The highest BCUT2D eigenvalue weighted by Crippen LogP contribution is 2.48. The molecule has 0 fully saturated rings. The van der Waals surface area contributed by atoms with Crippen LogP contribution in [-0.4, -0.2) is 49.0 Å². The van der Waals surface area contributed by atoms with Gasteiger partial charge in [0.15, 0.2) is 0 Å². The normalized spacial score (nSPS) is 13.9. The summed E-state index contributed by atoms with van der Waals surface area (Å²) in [5, 5.41) is 15.9. The van der Waals surface area contributed by atoms with Crippen LogP contribution in [0.5, 0.6) is 5.88 Å². The molecule has 0 spiro atoms. The van der Waals surface area contributed by atoms with Crippen molar-refractivity contribution in [3.05, 3.63) is 119 Å². The molecule has 0 radical (unpaired) electrons. The van der Waals surface area contributed by atoms with E-state index in [2.05, 4.69) is 23.1 Å². The van der Waals surface area contributed by atoms with E-state index in [0.29, 0.717) is 24.4 Å². The summed E-state index contributed by atoms with van der Waals surface area (Å²) in [6, 6.07) is 31.7. The second-order valence-corrected chi connectivity index (χ2v) is 10.0. The van der Waals surface area contributed by atoms with Gasteiger partial charge in [0, 0.05) is 29.0 Å². The number of ether oxygens (including phenoxy) is 1. The Morgan fingerprint density at radius 3 is 2.39 bits per heavy atom. The quantitative estimate of drug-likeness (QED) is 0.243. The van der Waals surface area contributed by atoms with E-state index in [1.54, 1.807) is 13.2 Å². The minimum atomic E-state index is -1.31. The van der Waals surface area contributed by atoms with E-state index in [9.17, 15) is 9.90 Å². The molecule has 5 heteroatoms. The van der Waals surface area contributed by atoms with Gasteiger partial charge >= 0.3 is 0 Å². The molecule has 0 saturated carbocycles. The standard InChI is InChI=1S/C33H32N2O3/c1-35(2)19-18-33(37,29-15-9-13-24-10-7-8-14-27(24)29)31(25-11-5-4-6-12-25)28-21-26-20-23(22-36)16-17-30(26)34-32(28)38-3/h4-17,20-22,31,37H,18-19H2,1-3H3. The molecule has 5 nitrogen and oxygen atoms in total. The predicted molar refractivity (Wildman–Crippen MR) is 153 cm³/mol. The summed E-state index contributed by atoms with van der Waals surface area (Å²) >= 11 is 0. The number of nitrogens with zero attached hydrogens (tertiary/aromatic N) is 2. The lowest BCUT2D eigenvalue weighted by Crippen LogP contribution is -2.38. The molecule has 0 aliphatic carbocycles. The zero-order valence-electron chi connectivity index (χ0n) is 22.0. The van der Waals surface area contributed by atoms with Gasteiger partial charge < -0.3 is 14.7 Å². The fourth-order valence-electron chi connectivity index (χ4n) is 5.43. The van der Waals surface area contributed by atoms with Crippen molar-refractivity contribution in [2.24, 2.45) is 0 Å². The van der Waals surface area contributed by atoms with E-state index in [1.165, 1.54) is 0 Å². The molecule has 5 aromatic rings. The Morgan fingerprint density at radius 2 is 1.66 bits per heavy atom. The highest BCUT2D eigenvalue weighted by Gasteiger charge is 2.43. The largest absolute Gasteiger partial charge is 0.481 e. The highest BCUT2D eigenvalue weighted by molar-refractivity contribution is 5.89. The molecule has 0 aliphatic heterocycles. The minimum Gasteiger partial charge on any atom is -0.481 e. The number of carbonyl (C=O) groups excluding carboxylic acids is 1. The molecule has 4 aromatic carbocycles. The molecule has 0 saturated heterocycles. The number of fused-ring (bicyclic) bond motifs is 2. The third kappa shape index (κ3) is 4.78. The Bertz CT molecular complexity index is 1580. The van der Waals surface area contributed by atoms with Crippen LogP contribution in [0.3, 0.4) is 0 Å². The van der Waals surface area contributed by atoms with Gasteiger partial charge in [0.2, 0.25) is 5.88 Å². The smallest absolute Gasteiger partial charge is 0.217 e. The first kappa shape index (κ1) is 25.6. The molecule has 38 heavy (non-hydrogen) atoms. The zero-order chi connectivity index (χ0) is 26.7. The van der Waals surface area contributed by atoms with Crippen molar-refractivity contribution in [2.45, 2.75) is 17.9 Å². The van der Waals surface area contributed by atoms with Gasteiger partial charge in [-0.1, -0.05) is 72.8 Å². The van der Waals surface area contributed by atoms with Crippen LogP contribution in [0.25, 0.3) is 21.7 Å². The van der Waals surface area contributed by atoms with E-state index in [-0.39, 0.29) is 0 Å². The number of benzene rings is 4. The maximum absolute atomic E-state index is 13.0. The summed E-state index contributed by atoms with van der Waals surface area (Å²) in [6.07, 6.45) is 1.31. The van der Waals surface area contributed by atoms with Gasteiger partial charge in [-0.2, -0.15) is 0 Å². The number of aromatic nitrogens is 1. The summed E-state index contributed by atoms with van der Waals surface area (Å²) < 4.78 is 5.85. The van der Waals surface area contributed by atoms with Crippen molar-refractivity contribution in [1.29, 1.82) is 0 Å². The fourth-order valence-corrected chi connectivity index (χ4v) is 5.43. The average Bonchev–Trinajstić information content (AvgIpc) is 2.95. The summed E-state index contributed by atoms with van der Waals surface area (Å²) in [4.78, 5) is 18.4. The Morgan fingerprint density at radius 1 is 0.921 bits per heavy atom. The SMILES string of the molecule is COc1nc2ccc(C=O)cc2cc1C(c1ccccc1)C(O)(CCN(C)C)c1cccc2ccccc12. The van der Waals surface area contributed by atoms with E-state index in [0.717, 1.165) is 44.7 Å². The Labute approximate surface area is 223 Å². The third-order valence-electron chi connectivity index (χ3n) is 7.28. The second kappa shape index (κ2) is 10.7. The van der Waals surface area contributed by atoms with Crippen LogP contribution in [-0.2, 0) is 5.60 Å². The van der Waals surface area contributed by atoms with Gasteiger partial charge in [0.1, 0.15) is 11.9 Å². The van der Waals surface area contributed by atoms with E-state index in [4.69, 9.17) is 9.72 Å². The molecule has 1 N–H and O–H groups in total. The lowest BCUT2D eigenvalue weighted by Gasteiger charge is -2.39. The van der Waals surface area contributed by atoms with Crippen LogP contribution in [0.1, 0.15) is 39.4 Å². The maximum atomic E-state index is 13.0. The van der Waals surface area contributed by atoms with Crippen LogP contribution in [0.2, 0.25) is 0 Å². The van der Waals surface area contributed by atoms with Crippen LogP contribution < -0.4 is 4.74 Å². The molecule has 1 aromatic heterocycles. The maximum Gasteiger partial charge on any atom is 0.217 e. The molecular weight excluding hydrogens is 472 g/mol. The first-order valence-electron chi connectivity index (χ1n) is 12.8. The third-order valence-corrected chi connectivity index (χ3v) is 7.28. The zero-order valence-corrected chi connectivity index (χ0v) is 22.0. The molecular formula is C33H32N2O3. The topological polar surface area (TPSA) is 62.7 Å². The number of aliphatic hydroxyl groups is 1. The van der Waals surface area contributed by atoms with Gasteiger partial charge in [0.25, 0.3) is 0 Å². The van der Waals surface area contributed by atoms with Crippen molar-refractivity contribution in [2.75, 3.05) is 27.7 Å². The molecule has 192 valence electrons. The summed E-state index contributed by atoms with van der Waals surface area (Å²) in [6.45, 7) is 0.668. The molecule has 2 unspecified atom stereocenters. The number of hydrogen-bond donors (Lipinski definition) is 1. The molecule has 2 atom stereocenters. The van der Waals surface area contributed by atoms with E-state index in [1.807, 2.05) is 86.9 Å². The summed E-state index contributed by atoms with van der Waals surface area (Å²) in [5.74, 6) is -0.0464. The molecule has 0 aliphatic rings. The van der Waals surface area contributed by atoms with Crippen molar-refractivity contribution >= 4 is 28.0 Å². The summed E-state index contributed by atoms with van der Waals surface area (Å²) in [7, 11) is 5.64. The van der Waals surface area contributed by atoms with Gasteiger partial charge in [0.05, 0.1) is 12.6 Å². The Hall–Kier alpha value is -4.06. The fraction of sp³-hybridized carbons (Fsp3) is 0.212. The van der Waals surface area contributed by atoms with Crippen molar-refractivity contribution in [1.82, 2.24) is 9.88 Å². The average molecular weight is 505 g/mol. The van der Waals surface area contributed by atoms with Crippen LogP contribution in [0.15, 0.2) is 97.1 Å². The lowest BCUT2D eigenvalue weighted by molar-refractivity contribution is 0.00520. The highest BCUT2D eigenvalue weighted by atomic mass is 16.5. The van der Waals surface area contributed by atoms with Gasteiger partial charge in [-0.25, -0.2) is 4.98 Å². The molecule has 1 heterocycles. The number of carbonyl (C=O) groups is 1. The first-order valence-corrected chi connectivity index (χ1v) is 12.8. The number of aldehydes is 1. The summed E-state index contributed by atoms with van der Waals surface area (Å²) in [5.41, 5.74) is 2.57. The lowest BCUT2D eigenvalue weighted by atomic mass is 9.70. The van der Waals surface area contributed by atoms with E-state index < -0.39 is 11.5 Å². The Balaban J connectivity index is 1.84. The van der Waals surface area contributed by atoms with E-state index >= 15 is 0 Å². The van der Waals surface area contributed by atoms with Crippen LogP contribution in [0.4, 0.5) is 0 Å². The minimum absolute atomic E-state index is 0.453. The van der Waals surface area contributed by atoms with Gasteiger partial charge in [-0.05, 0) is 66.7 Å². The second-order valence-electron chi connectivity index (χ2n) is 10.0. The molecule has 5 rings (SSSR count). The number of pyridine rings is 1. The predicted octanol–water partition coefficient (Wildman–Crippen LogP) is 6.18. The van der Waals surface area contributed by atoms with Gasteiger partial charge in [-0.15, -0.1) is 0 Å². The number of methoxy groups -OCH3 is 1. The van der Waals surface area contributed by atoms with Crippen molar-refractivity contribution in [3.8, 4) is 5.88 Å².